The van der Waals surface area contributed by atoms with Crippen molar-refractivity contribution >= 4 is 28.6 Å². The minimum atomic E-state index is -1.06. The summed E-state index contributed by atoms with van der Waals surface area (Å²) in [6.45, 7) is 5.35. The number of fused-ring (bicyclic) bond motifs is 1. The van der Waals surface area contributed by atoms with Crippen LogP contribution in [0, 0.1) is 11.3 Å². The molecule has 8 nitrogen and oxygen atoms in total. The number of amides is 1. The minimum absolute atomic E-state index is 0.0898. The molecule has 142 valence electrons. The van der Waals surface area contributed by atoms with Gasteiger partial charge >= 0.3 is 6.09 Å². The number of hydrogen-bond acceptors (Lipinski definition) is 6. The summed E-state index contributed by atoms with van der Waals surface area (Å²) in [6.07, 6.45) is -0.265. The van der Waals surface area contributed by atoms with E-state index in [0.29, 0.717) is 10.9 Å². The molecule has 2 heterocycles. The third-order valence-corrected chi connectivity index (χ3v) is 4.08. The lowest BCUT2D eigenvalue weighted by atomic mass is 10.1. The highest BCUT2D eigenvalue weighted by molar-refractivity contribution is 6.01. The van der Waals surface area contributed by atoms with Gasteiger partial charge in [0.2, 0.25) is 5.91 Å². The quantitative estimate of drug-likeness (QED) is 0.836. The number of anilines is 1. The topological polar surface area (TPSA) is 109 Å². The van der Waals surface area contributed by atoms with Crippen molar-refractivity contribution in [3.05, 3.63) is 23.9 Å². The number of aromatic nitrogens is 2. The predicted octanol–water partition coefficient (Wildman–Crippen LogP) is 2.33. The molecule has 1 amide bonds. The van der Waals surface area contributed by atoms with Crippen molar-refractivity contribution in [1.29, 1.82) is 5.26 Å². The molecular weight excluding hydrogens is 353 g/mol. The van der Waals surface area contributed by atoms with E-state index in [1.807, 2.05) is 6.07 Å². The third kappa shape index (κ3) is 3.90. The van der Waals surface area contributed by atoms with Gasteiger partial charge in [-0.2, -0.15) is 15.0 Å². The Morgan fingerprint density at radius 3 is 2.78 bits per heavy atom. The van der Waals surface area contributed by atoms with Gasteiger partial charge in [-0.25, -0.2) is 9.18 Å². The van der Waals surface area contributed by atoms with E-state index < -0.39 is 29.8 Å². The third-order valence-electron chi connectivity index (χ3n) is 4.08. The monoisotopic (exact) mass is 373 g/mol. The number of nitriles is 1. The molecule has 1 aliphatic heterocycles. The maximum Gasteiger partial charge on any atom is 0.435 e. The van der Waals surface area contributed by atoms with Gasteiger partial charge in [0, 0.05) is 18.4 Å². The zero-order chi connectivity index (χ0) is 19.8. The van der Waals surface area contributed by atoms with Gasteiger partial charge in [0.25, 0.3) is 0 Å². The first-order valence-corrected chi connectivity index (χ1v) is 8.52. The van der Waals surface area contributed by atoms with E-state index in [1.54, 1.807) is 26.8 Å². The average molecular weight is 373 g/mol. The lowest BCUT2D eigenvalue weighted by Gasteiger charge is -2.19. The Bertz CT molecular complexity index is 941. The maximum atomic E-state index is 13.3. The van der Waals surface area contributed by atoms with Crippen LogP contribution in [-0.4, -0.2) is 46.1 Å². The number of rotatable bonds is 2. The molecule has 0 saturated carbocycles. The second-order valence-electron chi connectivity index (χ2n) is 7.35. The molecule has 2 atom stereocenters. The minimum Gasteiger partial charge on any atom is -0.442 e. The maximum absolute atomic E-state index is 13.3. The summed E-state index contributed by atoms with van der Waals surface area (Å²) in [5.74, 6) is -0.412. The Balaban J connectivity index is 1.90. The number of alkyl halides is 1. The van der Waals surface area contributed by atoms with Gasteiger partial charge in [-0.15, -0.1) is 0 Å². The largest absolute Gasteiger partial charge is 0.442 e. The van der Waals surface area contributed by atoms with Crippen molar-refractivity contribution in [2.75, 3.05) is 11.9 Å². The number of carbonyl (C=O) groups is 2. The fourth-order valence-electron chi connectivity index (χ4n) is 2.89. The van der Waals surface area contributed by atoms with Crippen LogP contribution in [0.1, 0.15) is 32.8 Å². The van der Waals surface area contributed by atoms with Crippen LogP contribution >= 0.6 is 0 Å². The number of nitrogens with zero attached hydrogens (tertiary/aromatic N) is 3. The lowest BCUT2D eigenvalue weighted by Crippen LogP contribution is -2.35. The molecule has 0 spiro atoms. The first-order chi connectivity index (χ1) is 12.7. The molecule has 1 aromatic carbocycles. The van der Waals surface area contributed by atoms with Gasteiger partial charge in [-0.3, -0.25) is 4.79 Å². The molecule has 2 N–H and O–H groups in total. The smallest absolute Gasteiger partial charge is 0.435 e. The second kappa shape index (κ2) is 6.96. The highest BCUT2D eigenvalue weighted by Crippen LogP contribution is 2.27. The first kappa shape index (κ1) is 18.8. The second-order valence-corrected chi connectivity index (χ2v) is 7.35. The summed E-state index contributed by atoms with van der Waals surface area (Å²) >= 11 is 0. The highest BCUT2D eigenvalue weighted by Gasteiger charge is 2.30. The van der Waals surface area contributed by atoms with Crippen LogP contribution in [0.25, 0.3) is 10.9 Å². The fourth-order valence-corrected chi connectivity index (χ4v) is 2.89. The van der Waals surface area contributed by atoms with E-state index in [0.717, 1.165) is 4.68 Å². The Morgan fingerprint density at radius 2 is 2.19 bits per heavy atom. The number of ether oxygens (including phenoxy) is 1. The molecule has 0 bridgehead atoms. The molecular formula is C18H20FN5O3. The predicted molar refractivity (Wildman–Crippen MR) is 96.0 cm³/mol. The number of nitrogens with one attached hydrogen (secondary N) is 2. The van der Waals surface area contributed by atoms with Crippen molar-refractivity contribution in [2.45, 2.75) is 45.0 Å². The van der Waals surface area contributed by atoms with Crippen molar-refractivity contribution in [1.82, 2.24) is 15.1 Å². The summed E-state index contributed by atoms with van der Waals surface area (Å²) in [5.41, 5.74) is 0.152. The van der Waals surface area contributed by atoms with Crippen molar-refractivity contribution in [3.8, 4) is 6.07 Å². The number of halogens is 1. The number of carbonyl (C=O) groups excluding carboxylic acids is 2. The molecule has 27 heavy (non-hydrogen) atoms. The zero-order valence-corrected chi connectivity index (χ0v) is 15.2. The van der Waals surface area contributed by atoms with Gasteiger partial charge in [0.05, 0.1) is 29.0 Å². The average Bonchev–Trinajstić information content (AvgIpc) is 3.19. The van der Waals surface area contributed by atoms with Gasteiger partial charge in [-0.05, 0) is 32.9 Å². The molecule has 1 saturated heterocycles. The molecule has 1 fully saturated rings. The molecule has 3 rings (SSSR count). The van der Waals surface area contributed by atoms with E-state index in [1.165, 1.54) is 12.3 Å². The summed E-state index contributed by atoms with van der Waals surface area (Å²) < 4.78 is 19.6. The Kier molecular flexibility index (Phi) is 4.85. The van der Waals surface area contributed by atoms with Crippen LogP contribution in [0.2, 0.25) is 0 Å². The zero-order valence-electron chi connectivity index (χ0n) is 15.2. The normalized spacial score (nSPS) is 19.7. The Hall–Kier alpha value is -2.99. The van der Waals surface area contributed by atoms with Crippen LogP contribution in [0.5, 0.6) is 0 Å². The van der Waals surface area contributed by atoms with E-state index in [9.17, 15) is 19.2 Å². The van der Waals surface area contributed by atoms with E-state index in [4.69, 9.17) is 4.74 Å². The number of benzene rings is 1. The molecule has 0 aliphatic carbocycles. The van der Waals surface area contributed by atoms with E-state index in [-0.39, 0.29) is 24.2 Å². The van der Waals surface area contributed by atoms with E-state index >= 15 is 0 Å². The molecule has 1 aliphatic rings. The summed E-state index contributed by atoms with van der Waals surface area (Å²) in [4.78, 5) is 24.6. The van der Waals surface area contributed by atoms with Gasteiger partial charge in [0.1, 0.15) is 17.8 Å². The SMILES string of the molecule is CC(C)(C)OC(=O)n1ncc2c(C#N)c(NC(=O)[C@H]3C[C@@H](F)CN3)ccc21. The van der Waals surface area contributed by atoms with Crippen LogP contribution < -0.4 is 10.6 Å². The number of hydrogen-bond donors (Lipinski definition) is 2. The highest BCUT2D eigenvalue weighted by atomic mass is 19.1. The van der Waals surface area contributed by atoms with Crippen LogP contribution in [0.4, 0.5) is 14.9 Å². The van der Waals surface area contributed by atoms with Gasteiger partial charge in [0.15, 0.2) is 0 Å². The molecule has 0 unspecified atom stereocenters. The van der Waals surface area contributed by atoms with Gasteiger partial charge in [-0.1, -0.05) is 0 Å². The molecule has 9 heteroatoms. The Labute approximate surface area is 155 Å². The van der Waals surface area contributed by atoms with Crippen LogP contribution in [0.3, 0.4) is 0 Å². The first-order valence-electron chi connectivity index (χ1n) is 8.52. The summed E-state index contributed by atoms with van der Waals surface area (Å²) in [7, 11) is 0. The van der Waals surface area contributed by atoms with Crippen molar-refractivity contribution in [2.24, 2.45) is 0 Å². The van der Waals surface area contributed by atoms with Crippen LogP contribution in [-0.2, 0) is 9.53 Å². The van der Waals surface area contributed by atoms with Gasteiger partial charge < -0.3 is 15.4 Å². The van der Waals surface area contributed by atoms with Crippen LogP contribution in [0.15, 0.2) is 18.3 Å². The fraction of sp³-hybridized carbons (Fsp3) is 0.444. The van der Waals surface area contributed by atoms with Crippen molar-refractivity contribution in [3.63, 3.8) is 0 Å². The molecule has 0 radical (unpaired) electrons. The van der Waals surface area contributed by atoms with E-state index in [2.05, 4.69) is 15.7 Å². The summed E-state index contributed by atoms with van der Waals surface area (Å²) in [6, 6.07) is 4.47. The lowest BCUT2D eigenvalue weighted by molar-refractivity contribution is -0.117. The van der Waals surface area contributed by atoms with Crippen molar-refractivity contribution < 1.29 is 18.7 Å². The standard InChI is InChI=1S/C18H20FN5O3/c1-18(2,3)27-17(26)24-15-5-4-13(11(7-20)12(15)9-22-24)23-16(25)14-6-10(19)8-21-14/h4-5,9-10,14,21H,6,8H2,1-3H3,(H,23,25)/t10-,14-/m1/s1. The molecule has 2 aromatic rings. The molecule has 1 aromatic heterocycles. The summed E-state index contributed by atoms with van der Waals surface area (Å²) in [5, 5.41) is 19.4. The Morgan fingerprint density at radius 1 is 1.44 bits per heavy atom.